The lowest BCUT2D eigenvalue weighted by Crippen LogP contribution is -2.18. The third-order valence-electron chi connectivity index (χ3n) is 0.901. The molecule has 0 N–H and O–H groups in total. The molecule has 0 aromatic heterocycles. The van der Waals surface area contributed by atoms with E-state index in [1.54, 1.807) is 0 Å². The van der Waals surface area contributed by atoms with E-state index in [2.05, 4.69) is 17.7 Å². The van der Waals surface area contributed by atoms with Gasteiger partial charge in [0.05, 0.1) is 6.54 Å². The van der Waals surface area contributed by atoms with Gasteiger partial charge in [0.1, 0.15) is 0 Å². The van der Waals surface area contributed by atoms with Gasteiger partial charge in [0, 0.05) is 0 Å². The quantitative estimate of drug-likeness (QED) is 0.485. The first-order valence-electron chi connectivity index (χ1n) is 2.72. The molecule has 0 fully saturated rings. The smallest absolute Gasteiger partial charge is 0.0596 e. The average molecular weight is 110 g/mol. The minimum absolute atomic E-state index is 0.732. The SMILES string of the molecule is C#CCN(C)CC[CH2]. The van der Waals surface area contributed by atoms with E-state index >= 15 is 0 Å². The van der Waals surface area contributed by atoms with Crippen molar-refractivity contribution in [3.05, 3.63) is 6.92 Å². The Bertz CT molecular complexity index is 80.9. The highest BCUT2D eigenvalue weighted by molar-refractivity contribution is 4.86. The Balaban J connectivity index is 3.08. The van der Waals surface area contributed by atoms with Crippen molar-refractivity contribution < 1.29 is 0 Å². The van der Waals surface area contributed by atoms with Gasteiger partial charge in [-0.2, -0.15) is 0 Å². The number of nitrogens with zero attached hydrogens (tertiary/aromatic N) is 1. The normalized spacial score (nSPS) is 9.25. The van der Waals surface area contributed by atoms with Crippen molar-refractivity contribution in [3.63, 3.8) is 0 Å². The average Bonchev–Trinajstić information content (AvgIpc) is 1.68. The van der Waals surface area contributed by atoms with Crippen LogP contribution in [0.25, 0.3) is 0 Å². The van der Waals surface area contributed by atoms with Gasteiger partial charge in [-0.15, -0.1) is 6.42 Å². The fourth-order valence-corrected chi connectivity index (χ4v) is 0.505. The lowest BCUT2D eigenvalue weighted by atomic mass is 10.4. The Labute approximate surface area is 51.7 Å². The second-order valence-corrected chi connectivity index (χ2v) is 1.80. The number of terminal acetylenes is 1. The van der Waals surface area contributed by atoms with Crippen molar-refractivity contribution in [2.45, 2.75) is 6.42 Å². The summed E-state index contributed by atoms with van der Waals surface area (Å²) in [7, 11) is 1.99. The Morgan fingerprint density at radius 2 is 2.38 bits per heavy atom. The summed E-state index contributed by atoms with van der Waals surface area (Å²) in [5, 5.41) is 0. The lowest BCUT2D eigenvalue weighted by Gasteiger charge is -2.09. The van der Waals surface area contributed by atoms with Gasteiger partial charge >= 0.3 is 0 Å². The minimum atomic E-state index is 0.732. The molecule has 0 saturated heterocycles. The first kappa shape index (κ1) is 7.52. The molecular weight excluding hydrogens is 98.1 g/mol. The van der Waals surface area contributed by atoms with Crippen molar-refractivity contribution in [3.8, 4) is 12.3 Å². The first-order chi connectivity index (χ1) is 3.81. The first-order valence-corrected chi connectivity index (χ1v) is 2.72. The second-order valence-electron chi connectivity index (χ2n) is 1.80. The van der Waals surface area contributed by atoms with Crippen LogP contribution in [0.1, 0.15) is 6.42 Å². The fourth-order valence-electron chi connectivity index (χ4n) is 0.505. The van der Waals surface area contributed by atoms with Crippen LogP contribution in [0.4, 0.5) is 0 Å². The summed E-state index contributed by atoms with van der Waals surface area (Å²) < 4.78 is 0. The van der Waals surface area contributed by atoms with E-state index < -0.39 is 0 Å². The Kier molecular flexibility index (Phi) is 4.39. The van der Waals surface area contributed by atoms with E-state index in [0.717, 1.165) is 19.5 Å². The van der Waals surface area contributed by atoms with Crippen LogP contribution < -0.4 is 0 Å². The largest absolute Gasteiger partial charge is 0.295 e. The summed E-state index contributed by atoms with van der Waals surface area (Å²) in [6.07, 6.45) is 5.98. The predicted molar refractivity (Wildman–Crippen MR) is 36.3 cm³/mol. The van der Waals surface area contributed by atoms with E-state index in [1.165, 1.54) is 0 Å². The van der Waals surface area contributed by atoms with Crippen LogP contribution >= 0.6 is 0 Å². The van der Waals surface area contributed by atoms with Gasteiger partial charge in [-0.05, 0) is 20.0 Å². The molecule has 0 aliphatic carbocycles. The molecule has 0 bridgehead atoms. The standard InChI is InChI=1S/C7H12N/c1-4-6-8(3)7-5-2/h1H,2,5-7H2,3H3. The van der Waals surface area contributed by atoms with Crippen molar-refractivity contribution in [2.24, 2.45) is 0 Å². The highest BCUT2D eigenvalue weighted by atomic mass is 15.1. The molecule has 45 valence electrons. The lowest BCUT2D eigenvalue weighted by molar-refractivity contribution is 0.383. The van der Waals surface area contributed by atoms with Crippen LogP contribution in [0.15, 0.2) is 0 Å². The zero-order valence-corrected chi connectivity index (χ0v) is 5.35. The van der Waals surface area contributed by atoms with Crippen molar-refractivity contribution in [1.29, 1.82) is 0 Å². The van der Waals surface area contributed by atoms with Crippen molar-refractivity contribution >= 4 is 0 Å². The number of rotatable bonds is 3. The number of hydrogen-bond acceptors (Lipinski definition) is 1. The summed E-state index contributed by atoms with van der Waals surface area (Å²) in [6.45, 7) is 5.42. The monoisotopic (exact) mass is 110 g/mol. The Hall–Kier alpha value is -0.480. The third kappa shape index (κ3) is 3.70. The fraction of sp³-hybridized carbons (Fsp3) is 0.571. The predicted octanol–water partition coefficient (Wildman–Crippen LogP) is 0.776. The van der Waals surface area contributed by atoms with Crippen LogP contribution in [-0.4, -0.2) is 25.0 Å². The highest BCUT2D eigenvalue weighted by Crippen LogP contribution is 1.81. The second kappa shape index (κ2) is 4.67. The number of hydrogen-bond donors (Lipinski definition) is 0. The van der Waals surface area contributed by atoms with Crippen LogP contribution in [0, 0.1) is 19.3 Å². The molecule has 0 aliphatic heterocycles. The molecule has 0 amide bonds. The maximum Gasteiger partial charge on any atom is 0.0596 e. The maximum atomic E-state index is 5.05. The summed E-state index contributed by atoms with van der Waals surface area (Å²) >= 11 is 0. The topological polar surface area (TPSA) is 3.24 Å². The Morgan fingerprint density at radius 1 is 1.75 bits per heavy atom. The molecule has 8 heavy (non-hydrogen) atoms. The van der Waals surface area contributed by atoms with Crippen LogP contribution in [0.3, 0.4) is 0 Å². The van der Waals surface area contributed by atoms with E-state index in [1.807, 2.05) is 7.05 Å². The van der Waals surface area contributed by atoms with Gasteiger partial charge in [0.15, 0.2) is 0 Å². The summed E-state index contributed by atoms with van der Waals surface area (Å²) in [5.41, 5.74) is 0. The van der Waals surface area contributed by atoms with E-state index in [9.17, 15) is 0 Å². The molecule has 1 radical (unpaired) electrons. The zero-order valence-electron chi connectivity index (χ0n) is 5.35. The van der Waals surface area contributed by atoms with Crippen LogP contribution in [0.5, 0.6) is 0 Å². The Morgan fingerprint density at radius 3 is 2.75 bits per heavy atom. The molecular formula is C7H12N. The van der Waals surface area contributed by atoms with Crippen molar-refractivity contribution in [1.82, 2.24) is 4.90 Å². The van der Waals surface area contributed by atoms with Gasteiger partial charge in [0.25, 0.3) is 0 Å². The molecule has 0 atom stereocenters. The molecule has 1 heteroatoms. The minimum Gasteiger partial charge on any atom is -0.295 e. The van der Waals surface area contributed by atoms with E-state index in [4.69, 9.17) is 6.42 Å². The summed E-state index contributed by atoms with van der Waals surface area (Å²) in [6, 6.07) is 0. The van der Waals surface area contributed by atoms with E-state index in [-0.39, 0.29) is 0 Å². The molecule has 0 unspecified atom stereocenters. The van der Waals surface area contributed by atoms with Gasteiger partial charge in [-0.25, -0.2) is 0 Å². The van der Waals surface area contributed by atoms with Crippen LogP contribution in [0.2, 0.25) is 0 Å². The molecule has 0 aliphatic rings. The zero-order chi connectivity index (χ0) is 6.41. The summed E-state index contributed by atoms with van der Waals surface area (Å²) in [4.78, 5) is 2.06. The highest BCUT2D eigenvalue weighted by Gasteiger charge is 1.88. The van der Waals surface area contributed by atoms with Gasteiger partial charge in [-0.3, -0.25) is 4.90 Å². The van der Waals surface area contributed by atoms with Crippen LogP contribution in [-0.2, 0) is 0 Å². The molecule has 0 rings (SSSR count). The molecule has 0 heterocycles. The van der Waals surface area contributed by atoms with Gasteiger partial charge < -0.3 is 0 Å². The third-order valence-corrected chi connectivity index (χ3v) is 0.901. The summed E-state index contributed by atoms with van der Waals surface area (Å²) in [5.74, 6) is 2.55. The molecule has 0 aromatic carbocycles. The molecule has 0 saturated carbocycles. The molecule has 0 aromatic rings. The van der Waals surface area contributed by atoms with Gasteiger partial charge in [-0.1, -0.05) is 12.8 Å². The molecule has 0 spiro atoms. The van der Waals surface area contributed by atoms with E-state index in [0.29, 0.717) is 0 Å². The molecule has 1 nitrogen and oxygen atoms in total. The van der Waals surface area contributed by atoms with Gasteiger partial charge in [0.2, 0.25) is 0 Å². The maximum absolute atomic E-state index is 5.05. The van der Waals surface area contributed by atoms with Crippen molar-refractivity contribution in [2.75, 3.05) is 20.1 Å².